The van der Waals surface area contributed by atoms with Crippen molar-refractivity contribution in [1.82, 2.24) is 24.9 Å². The molecule has 0 radical (unpaired) electrons. The number of carbonyl (C=O) groups excluding carboxylic acids is 1. The van der Waals surface area contributed by atoms with Crippen molar-refractivity contribution < 1.29 is 4.79 Å². The predicted octanol–water partition coefficient (Wildman–Crippen LogP) is 1.82. The van der Waals surface area contributed by atoms with Crippen LogP contribution >= 0.6 is 0 Å². The molecule has 0 aliphatic rings. The van der Waals surface area contributed by atoms with E-state index in [4.69, 9.17) is 0 Å². The molecule has 7 nitrogen and oxygen atoms in total. The number of aromatic nitrogens is 4. The van der Waals surface area contributed by atoms with Crippen molar-refractivity contribution in [3.63, 3.8) is 0 Å². The molecule has 1 aromatic carbocycles. The molecule has 0 unspecified atom stereocenters. The van der Waals surface area contributed by atoms with Crippen molar-refractivity contribution in [2.75, 3.05) is 13.6 Å². The first-order valence-electron chi connectivity index (χ1n) is 7.25. The van der Waals surface area contributed by atoms with Gasteiger partial charge < -0.3 is 4.90 Å². The fraction of sp³-hybridized carbons (Fsp3) is 0.188. The third-order valence-corrected chi connectivity index (χ3v) is 3.47. The Morgan fingerprint density at radius 1 is 1.26 bits per heavy atom. The fourth-order valence-electron chi connectivity index (χ4n) is 2.10. The highest BCUT2D eigenvalue weighted by Gasteiger charge is 2.16. The molecule has 7 heteroatoms. The maximum Gasteiger partial charge on any atom is 0.281 e. The molecule has 0 fully saturated rings. The van der Waals surface area contributed by atoms with Crippen molar-refractivity contribution >= 4 is 22.9 Å². The number of para-hydroxylation sites is 1. The molecular weight excluding hydrogens is 292 g/mol. The number of hydrogen-bond acceptors (Lipinski definition) is 4. The Kier molecular flexibility index (Phi) is 4.09. The van der Waals surface area contributed by atoms with Crippen LogP contribution in [-0.4, -0.2) is 50.3 Å². The van der Waals surface area contributed by atoms with E-state index in [0.717, 1.165) is 11.0 Å². The molecule has 0 aliphatic heterocycles. The summed E-state index contributed by atoms with van der Waals surface area (Å²) in [6.45, 7) is 2.65. The fourth-order valence-corrected chi connectivity index (χ4v) is 2.10. The van der Waals surface area contributed by atoms with Gasteiger partial charge in [0.1, 0.15) is 5.52 Å². The van der Waals surface area contributed by atoms with Crippen molar-refractivity contribution in [2.45, 2.75) is 6.92 Å². The van der Waals surface area contributed by atoms with Gasteiger partial charge in [-0.15, -0.1) is 5.10 Å². The summed E-state index contributed by atoms with van der Waals surface area (Å²) in [6.07, 6.45) is 3.11. The smallest absolute Gasteiger partial charge is 0.281 e. The van der Waals surface area contributed by atoms with Gasteiger partial charge in [-0.25, -0.2) is 0 Å². The molecule has 1 amide bonds. The molecule has 0 aliphatic carbocycles. The lowest BCUT2D eigenvalue weighted by molar-refractivity contribution is 0.100. The Hall–Kier alpha value is -3.09. The van der Waals surface area contributed by atoms with E-state index in [2.05, 4.69) is 20.3 Å². The third-order valence-electron chi connectivity index (χ3n) is 3.47. The number of hydrogen-bond donors (Lipinski definition) is 0. The van der Waals surface area contributed by atoms with Crippen LogP contribution in [0.15, 0.2) is 53.8 Å². The molecule has 2 heterocycles. The lowest BCUT2D eigenvalue weighted by atomic mass is 10.3. The minimum Gasteiger partial charge on any atom is -0.344 e. The molecule has 0 saturated heterocycles. The highest BCUT2D eigenvalue weighted by atomic mass is 16.1. The standard InChI is InChI=1S/C16H16N6O/c1-3-21(2)16(18-15(23)12-7-6-10-17-11-12)22-14-9-5-4-8-13(14)19-20-22/h4-11H,3H2,1-2H3. The zero-order valence-corrected chi connectivity index (χ0v) is 12.9. The molecule has 0 atom stereocenters. The maximum atomic E-state index is 12.4. The average Bonchev–Trinajstić information content (AvgIpc) is 3.03. The molecule has 3 aromatic rings. The van der Waals surface area contributed by atoms with Crippen LogP contribution in [0, 0.1) is 0 Å². The Balaban J connectivity index is 2.08. The van der Waals surface area contributed by atoms with E-state index in [-0.39, 0.29) is 5.91 Å². The molecule has 23 heavy (non-hydrogen) atoms. The zero-order valence-electron chi connectivity index (χ0n) is 12.9. The molecule has 0 N–H and O–H groups in total. The van der Waals surface area contributed by atoms with Crippen LogP contribution in [0.5, 0.6) is 0 Å². The largest absolute Gasteiger partial charge is 0.344 e. The molecule has 0 bridgehead atoms. The second-order valence-electron chi connectivity index (χ2n) is 4.96. The summed E-state index contributed by atoms with van der Waals surface area (Å²) in [7, 11) is 1.85. The number of aliphatic imine (C=N–C) groups is 1. The lowest BCUT2D eigenvalue weighted by Gasteiger charge is -2.18. The minimum atomic E-state index is -0.368. The summed E-state index contributed by atoms with van der Waals surface area (Å²) in [5, 5.41) is 8.26. The number of nitrogens with zero attached hydrogens (tertiary/aromatic N) is 6. The van der Waals surface area contributed by atoms with E-state index in [1.165, 1.54) is 6.20 Å². The van der Waals surface area contributed by atoms with Gasteiger partial charge in [0.15, 0.2) is 0 Å². The first kappa shape index (κ1) is 14.8. The molecule has 0 saturated carbocycles. The van der Waals surface area contributed by atoms with Crippen molar-refractivity contribution in [2.24, 2.45) is 4.99 Å². The topological polar surface area (TPSA) is 76.3 Å². The van der Waals surface area contributed by atoms with Crippen LogP contribution in [0.2, 0.25) is 0 Å². The first-order chi connectivity index (χ1) is 11.2. The van der Waals surface area contributed by atoms with Gasteiger partial charge in [0.2, 0.25) is 5.96 Å². The summed E-state index contributed by atoms with van der Waals surface area (Å²) >= 11 is 0. The van der Waals surface area contributed by atoms with Gasteiger partial charge in [-0.1, -0.05) is 17.3 Å². The van der Waals surface area contributed by atoms with Crippen molar-refractivity contribution in [1.29, 1.82) is 0 Å². The van der Waals surface area contributed by atoms with E-state index in [1.807, 2.05) is 43.1 Å². The summed E-state index contributed by atoms with van der Waals surface area (Å²) in [5.74, 6) is 0.0584. The summed E-state index contributed by atoms with van der Waals surface area (Å²) in [5.41, 5.74) is 1.97. The maximum absolute atomic E-state index is 12.4. The Labute approximate surface area is 133 Å². The van der Waals surface area contributed by atoms with E-state index < -0.39 is 0 Å². The van der Waals surface area contributed by atoms with Crippen molar-refractivity contribution in [3.8, 4) is 0 Å². The minimum absolute atomic E-state index is 0.368. The van der Waals surface area contributed by atoms with Gasteiger partial charge in [-0.05, 0) is 31.2 Å². The Morgan fingerprint density at radius 3 is 2.83 bits per heavy atom. The average molecular weight is 308 g/mol. The van der Waals surface area contributed by atoms with Gasteiger partial charge in [-0.3, -0.25) is 9.78 Å². The van der Waals surface area contributed by atoms with Gasteiger partial charge in [0.25, 0.3) is 5.91 Å². The Bertz CT molecular complexity index is 855. The first-order valence-corrected chi connectivity index (χ1v) is 7.25. The highest BCUT2D eigenvalue weighted by molar-refractivity contribution is 6.04. The van der Waals surface area contributed by atoms with Crippen LogP contribution in [0.3, 0.4) is 0 Å². The molecule has 116 valence electrons. The number of rotatable bonds is 2. The number of amides is 1. The van der Waals surface area contributed by atoms with E-state index >= 15 is 0 Å². The monoisotopic (exact) mass is 308 g/mol. The second kappa shape index (κ2) is 6.35. The van der Waals surface area contributed by atoms with Gasteiger partial charge >= 0.3 is 0 Å². The molecule has 2 aromatic heterocycles. The molecular formula is C16H16N6O. The quantitative estimate of drug-likeness (QED) is 0.533. The predicted molar refractivity (Wildman–Crippen MR) is 87.2 cm³/mol. The van der Waals surface area contributed by atoms with E-state index in [1.54, 1.807) is 23.0 Å². The Morgan fingerprint density at radius 2 is 2.09 bits per heavy atom. The van der Waals surface area contributed by atoms with Crippen LogP contribution in [0.1, 0.15) is 17.3 Å². The van der Waals surface area contributed by atoms with E-state index in [0.29, 0.717) is 18.1 Å². The second-order valence-corrected chi connectivity index (χ2v) is 4.96. The number of pyridine rings is 1. The van der Waals surface area contributed by atoms with E-state index in [9.17, 15) is 4.79 Å². The summed E-state index contributed by atoms with van der Waals surface area (Å²) < 4.78 is 1.58. The zero-order chi connectivity index (χ0) is 16.2. The van der Waals surface area contributed by atoms with Gasteiger partial charge in [0, 0.05) is 26.0 Å². The van der Waals surface area contributed by atoms with Crippen LogP contribution in [0.25, 0.3) is 11.0 Å². The molecule has 3 rings (SSSR count). The molecule has 0 spiro atoms. The van der Waals surface area contributed by atoms with Crippen LogP contribution in [-0.2, 0) is 0 Å². The summed E-state index contributed by atoms with van der Waals surface area (Å²) in [4.78, 5) is 22.4. The van der Waals surface area contributed by atoms with Crippen LogP contribution < -0.4 is 0 Å². The van der Waals surface area contributed by atoms with Gasteiger partial charge in [-0.2, -0.15) is 9.67 Å². The number of benzene rings is 1. The highest BCUT2D eigenvalue weighted by Crippen LogP contribution is 2.11. The normalized spacial score (nSPS) is 11.7. The lowest BCUT2D eigenvalue weighted by Crippen LogP contribution is -2.34. The van der Waals surface area contributed by atoms with Crippen molar-refractivity contribution in [3.05, 3.63) is 54.4 Å². The third kappa shape index (κ3) is 2.94. The summed E-state index contributed by atoms with van der Waals surface area (Å²) in [6, 6.07) is 10.9. The number of carbonyl (C=O) groups is 1. The van der Waals surface area contributed by atoms with Crippen LogP contribution in [0.4, 0.5) is 0 Å². The van der Waals surface area contributed by atoms with Gasteiger partial charge in [0.05, 0.1) is 11.1 Å². The number of fused-ring (bicyclic) bond motifs is 1. The SMILES string of the molecule is CCN(C)C(=NC(=O)c1cccnc1)n1nnc2ccccc21.